The second-order valence-electron chi connectivity index (χ2n) is 5.26. The van der Waals surface area contributed by atoms with E-state index in [2.05, 4.69) is 23.5 Å². The van der Waals surface area contributed by atoms with E-state index in [1.807, 2.05) is 43.1 Å². The first kappa shape index (κ1) is 14.6. The summed E-state index contributed by atoms with van der Waals surface area (Å²) in [6, 6.07) is 4.05. The van der Waals surface area contributed by atoms with Gasteiger partial charge in [0.2, 0.25) is 0 Å². The molecule has 2 heterocycles. The second-order valence-corrected chi connectivity index (χ2v) is 5.26. The number of nitrogens with zero attached hydrogens (tertiary/aromatic N) is 3. The summed E-state index contributed by atoms with van der Waals surface area (Å²) in [7, 11) is 4.07. The van der Waals surface area contributed by atoms with Crippen LogP contribution in [-0.2, 0) is 0 Å². The fourth-order valence-electron chi connectivity index (χ4n) is 2.11. The topological polar surface area (TPSA) is 29.8 Å². The fraction of sp³-hybridized carbons (Fsp3) is 0.438. The van der Waals surface area contributed by atoms with Crippen LogP contribution in [0.15, 0.2) is 31.1 Å². The molecule has 0 aliphatic carbocycles. The monoisotopic (exact) mass is 273 g/mol. The predicted molar refractivity (Wildman–Crippen MR) is 83.2 cm³/mol. The molecular weight excluding hydrogens is 250 g/mol. The Morgan fingerprint density at radius 2 is 2.20 bits per heavy atom. The Morgan fingerprint density at radius 3 is 2.90 bits per heavy atom. The molecular formula is C16H23N3O. The number of fused-ring (bicyclic) bond motifs is 1. The minimum absolute atomic E-state index is 0.676. The maximum Gasteiger partial charge on any atom is 0.137 e. The average molecular weight is 273 g/mol. The van der Waals surface area contributed by atoms with Gasteiger partial charge in [0, 0.05) is 12.1 Å². The molecule has 0 bridgehead atoms. The Hall–Kier alpha value is -1.81. The van der Waals surface area contributed by atoms with Crippen LogP contribution < -0.4 is 4.74 Å². The number of likely N-dealkylation sites (N-methyl/N-ethyl adjacent to an activating group) is 1. The zero-order valence-electron chi connectivity index (χ0n) is 12.6. The number of pyridine rings is 1. The second kappa shape index (κ2) is 6.57. The maximum atomic E-state index is 5.72. The van der Waals surface area contributed by atoms with Crippen LogP contribution in [0, 0.1) is 0 Å². The normalized spacial score (nSPS) is 11.2. The van der Waals surface area contributed by atoms with Gasteiger partial charge < -0.3 is 9.64 Å². The van der Waals surface area contributed by atoms with Crippen molar-refractivity contribution in [1.29, 1.82) is 0 Å². The Labute approximate surface area is 120 Å². The molecule has 0 aromatic carbocycles. The van der Waals surface area contributed by atoms with Crippen LogP contribution >= 0.6 is 0 Å². The van der Waals surface area contributed by atoms with E-state index in [0.717, 1.165) is 41.8 Å². The van der Waals surface area contributed by atoms with E-state index in [1.165, 1.54) is 0 Å². The van der Waals surface area contributed by atoms with Crippen molar-refractivity contribution in [2.75, 3.05) is 27.2 Å². The zero-order chi connectivity index (χ0) is 14.5. The van der Waals surface area contributed by atoms with E-state index in [9.17, 15) is 0 Å². The molecule has 108 valence electrons. The maximum absolute atomic E-state index is 5.72. The third-order valence-corrected chi connectivity index (χ3v) is 3.23. The summed E-state index contributed by atoms with van der Waals surface area (Å²) in [6.45, 7) is 7.87. The Morgan fingerprint density at radius 1 is 1.40 bits per heavy atom. The van der Waals surface area contributed by atoms with Gasteiger partial charge in [-0.1, -0.05) is 19.9 Å². The third-order valence-electron chi connectivity index (χ3n) is 3.23. The molecule has 0 fully saturated rings. The van der Waals surface area contributed by atoms with Gasteiger partial charge in [0.05, 0.1) is 17.9 Å². The molecule has 4 nitrogen and oxygen atoms in total. The lowest BCUT2D eigenvalue weighted by Gasteiger charge is -2.11. The molecule has 4 heteroatoms. The van der Waals surface area contributed by atoms with E-state index < -0.39 is 0 Å². The minimum atomic E-state index is 0.676. The molecule has 2 aromatic rings. The molecule has 0 aliphatic rings. The van der Waals surface area contributed by atoms with Crippen molar-refractivity contribution in [2.24, 2.45) is 0 Å². The van der Waals surface area contributed by atoms with Crippen molar-refractivity contribution in [3.05, 3.63) is 36.7 Å². The van der Waals surface area contributed by atoms with Gasteiger partial charge in [0.25, 0.3) is 0 Å². The summed E-state index contributed by atoms with van der Waals surface area (Å²) in [6.07, 6.45) is 5.91. The van der Waals surface area contributed by atoms with Gasteiger partial charge in [-0.15, -0.1) is 0 Å². The average Bonchev–Trinajstić information content (AvgIpc) is 2.81. The van der Waals surface area contributed by atoms with Crippen LogP contribution in [0.4, 0.5) is 0 Å². The van der Waals surface area contributed by atoms with Gasteiger partial charge in [0.15, 0.2) is 0 Å². The lowest BCUT2D eigenvalue weighted by atomic mass is 10.1. The zero-order valence-corrected chi connectivity index (χ0v) is 12.6. The predicted octanol–water partition coefficient (Wildman–Crippen LogP) is 3.09. The van der Waals surface area contributed by atoms with Gasteiger partial charge in [-0.05, 0) is 38.2 Å². The first-order valence-corrected chi connectivity index (χ1v) is 7.05. The van der Waals surface area contributed by atoms with Crippen molar-refractivity contribution < 1.29 is 4.74 Å². The van der Waals surface area contributed by atoms with Gasteiger partial charge in [-0.25, -0.2) is 4.52 Å². The molecule has 0 radical (unpaired) electrons. The molecule has 0 N–H and O–H groups in total. The van der Waals surface area contributed by atoms with Crippen molar-refractivity contribution >= 4 is 11.1 Å². The molecule has 0 aliphatic heterocycles. The summed E-state index contributed by atoms with van der Waals surface area (Å²) >= 11 is 0. The Kier molecular flexibility index (Phi) is 4.79. The minimum Gasteiger partial charge on any atom is -0.491 e. The van der Waals surface area contributed by atoms with E-state index in [0.29, 0.717) is 6.61 Å². The number of hydrogen-bond acceptors (Lipinski definition) is 3. The van der Waals surface area contributed by atoms with Crippen molar-refractivity contribution in [3.63, 3.8) is 0 Å². The lowest BCUT2D eigenvalue weighted by Crippen LogP contribution is -2.19. The smallest absolute Gasteiger partial charge is 0.137 e. The summed E-state index contributed by atoms with van der Waals surface area (Å²) < 4.78 is 7.58. The molecule has 2 aromatic heterocycles. The van der Waals surface area contributed by atoms with Crippen LogP contribution in [0.25, 0.3) is 11.1 Å². The van der Waals surface area contributed by atoms with E-state index >= 15 is 0 Å². The summed E-state index contributed by atoms with van der Waals surface area (Å²) in [5.41, 5.74) is 3.36. The van der Waals surface area contributed by atoms with Crippen LogP contribution in [-0.4, -0.2) is 41.8 Å². The molecule has 0 unspecified atom stereocenters. The molecule has 20 heavy (non-hydrogen) atoms. The number of hydrogen-bond donors (Lipinski definition) is 0. The highest BCUT2D eigenvalue weighted by Gasteiger charge is 2.07. The molecule has 0 saturated carbocycles. The standard InChI is InChI=1S/C16H23N3O/c1-5-6-13(2)15-11-17-19-12-14(7-8-16(15)19)20-10-9-18(3)4/h7-8,11-12H,2,5-6,9-10H2,1,3-4H3. The lowest BCUT2D eigenvalue weighted by molar-refractivity contribution is 0.260. The first-order chi connectivity index (χ1) is 9.61. The number of allylic oxidation sites excluding steroid dienone is 1. The van der Waals surface area contributed by atoms with Gasteiger partial charge in [-0.3, -0.25) is 0 Å². The fourth-order valence-corrected chi connectivity index (χ4v) is 2.11. The molecule has 0 saturated heterocycles. The highest BCUT2D eigenvalue weighted by Crippen LogP contribution is 2.24. The highest BCUT2D eigenvalue weighted by molar-refractivity contribution is 5.76. The van der Waals surface area contributed by atoms with Crippen molar-refractivity contribution in [3.8, 4) is 5.75 Å². The molecule has 2 rings (SSSR count). The molecule has 0 spiro atoms. The Bertz CT molecular complexity index is 586. The van der Waals surface area contributed by atoms with Gasteiger partial charge in [-0.2, -0.15) is 5.10 Å². The summed E-state index contributed by atoms with van der Waals surface area (Å²) in [5, 5.41) is 4.39. The molecule has 0 amide bonds. The van der Waals surface area contributed by atoms with Crippen LogP contribution in [0.3, 0.4) is 0 Å². The van der Waals surface area contributed by atoms with Crippen LogP contribution in [0.1, 0.15) is 25.3 Å². The van der Waals surface area contributed by atoms with Gasteiger partial charge in [0.1, 0.15) is 12.4 Å². The Balaban J connectivity index is 2.13. The first-order valence-electron chi connectivity index (χ1n) is 7.05. The van der Waals surface area contributed by atoms with E-state index in [1.54, 1.807) is 0 Å². The highest BCUT2D eigenvalue weighted by atomic mass is 16.5. The SMILES string of the molecule is C=C(CCC)c1cnn2cc(OCCN(C)C)ccc12. The number of rotatable bonds is 7. The van der Waals surface area contributed by atoms with Crippen LogP contribution in [0.5, 0.6) is 5.75 Å². The quantitative estimate of drug-likeness (QED) is 0.776. The largest absolute Gasteiger partial charge is 0.491 e. The number of aromatic nitrogens is 2. The van der Waals surface area contributed by atoms with Crippen LogP contribution in [0.2, 0.25) is 0 Å². The summed E-state index contributed by atoms with van der Waals surface area (Å²) in [5.74, 6) is 0.843. The van der Waals surface area contributed by atoms with Crippen molar-refractivity contribution in [2.45, 2.75) is 19.8 Å². The van der Waals surface area contributed by atoms with E-state index in [4.69, 9.17) is 4.74 Å². The number of ether oxygens (including phenoxy) is 1. The summed E-state index contributed by atoms with van der Waals surface area (Å²) in [4.78, 5) is 2.10. The van der Waals surface area contributed by atoms with E-state index in [-0.39, 0.29) is 0 Å². The van der Waals surface area contributed by atoms with Gasteiger partial charge >= 0.3 is 0 Å². The molecule has 0 atom stereocenters. The third kappa shape index (κ3) is 3.39. The van der Waals surface area contributed by atoms with Crippen molar-refractivity contribution in [1.82, 2.24) is 14.5 Å².